The van der Waals surface area contributed by atoms with E-state index >= 15 is 0 Å². The SMILES string of the molecule is Cc1nc(CC2CCN(Cc3ccc(C4CCCCO4)s3)CC2)no1. The topological polar surface area (TPSA) is 51.4 Å². The van der Waals surface area contributed by atoms with Gasteiger partial charge in [0.2, 0.25) is 5.89 Å². The van der Waals surface area contributed by atoms with E-state index in [-0.39, 0.29) is 0 Å². The third-order valence-electron chi connectivity index (χ3n) is 5.31. The Balaban J connectivity index is 1.25. The second-order valence-corrected chi connectivity index (χ2v) is 8.51. The molecule has 136 valence electrons. The third-order valence-corrected chi connectivity index (χ3v) is 6.47. The highest BCUT2D eigenvalue weighted by Crippen LogP contribution is 2.33. The minimum atomic E-state index is 0.344. The van der Waals surface area contributed by atoms with Gasteiger partial charge in [0.15, 0.2) is 5.82 Å². The summed E-state index contributed by atoms with van der Waals surface area (Å²) < 4.78 is 11.0. The van der Waals surface area contributed by atoms with Gasteiger partial charge in [0, 0.05) is 36.3 Å². The van der Waals surface area contributed by atoms with Crippen LogP contribution in [-0.4, -0.2) is 34.7 Å². The van der Waals surface area contributed by atoms with Crippen molar-refractivity contribution in [3.8, 4) is 0 Å². The molecule has 2 saturated heterocycles. The lowest BCUT2D eigenvalue weighted by atomic mass is 9.93. The zero-order valence-corrected chi connectivity index (χ0v) is 15.8. The molecule has 2 aliphatic heterocycles. The number of likely N-dealkylation sites (tertiary alicyclic amines) is 1. The Hall–Kier alpha value is -1.24. The predicted molar refractivity (Wildman–Crippen MR) is 97.6 cm³/mol. The van der Waals surface area contributed by atoms with Gasteiger partial charge in [-0.1, -0.05) is 5.16 Å². The van der Waals surface area contributed by atoms with E-state index in [1.165, 1.54) is 41.9 Å². The maximum atomic E-state index is 5.92. The maximum absolute atomic E-state index is 5.92. The fourth-order valence-electron chi connectivity index (χ4n) is 3.87. The molecule has 1 atom stereocenters. The number of hydrogen-bond acceptors (Lipinski definition) is 6. The first-order valence-corrected chi connectivity index (χ1v) is 10.3. The molecule has 5 nitrogen and oxygen atoms in total. The smallest absolute Gasteiger partial charge is 0.223 e. The van der Waals surface area contributed by atoms with Crippen LogP contribution in [0.5, 0.6) is 0 Å². The van der Waals surface area contributed by atoms with Crippen LogP contribution in [0.4, 0.5) is 0 Å². The van der Waals surface area contributed by atoms with Crippen LogP contribution in [-0.2, 0) is 17.7 Å². The monoisotopic (exact) mass is 361 g/mol. The molecule has 0 radical (unpaired) electrons. The lowest BCUT2D eigenvalue weighted by molar-refractivity contribution is 0.0172. The molecule has 25 heavy (non-hydrogen) atoms. The molecule has 2 fully saturated rings. The molecule has 4 heterocycles. The summed E-state index contributed by atoms with van der Waals surface area (Å²) in [6.07, 6.45) is 7.43. The minimum Gasteiger partial charge on any atom is -0.373 e. The molecule has 0 spiro atoms. The number of rotatable bonds is 5. The first-order chi connectivity index (χ1) is 12.3. The normalized spacial score (nSPS) is 23.2. The third kappa shape index (κ3) is 4.49. The molecule has 2 aliphatic rings. The van der Waals surface area contributed by atoms with Gasteiger partial charge in [-0.3, -0.25) is 4.90 Å². The second-order valence-electron chi connectivity index (χ2n) is 7.31. The van der Waals surface area contributed by atoms with Gasteiger partial charge in [0.1, 0.15) is 0 Å². The van der Waals surface area contributed by atoms with Crippen LogP contribution < -0.4 is 0 Å². The van der Waals surface area contributed by atoms with E-state index in [1.807, 2.05) is 18.3 Å². The highest BCUT2D eigenvalue weighted by Gasteiger charge is 2.22. The molecule has 0 bridgehead atoms. The summed E-state index contributed by atoms with van der Waals surface area (Å²) in [5, 5.41) is 4.03. The lowest BCUT2D eigenvalue weighted by Gasteiger charge is -2.31. The van der Waals surface area contributed by atoms with Crippen molar-refractivity contribution < 1.29 is 9.26 Å². The quantitative estimate of drug-likeness (QED) is 0.801. The van der Waals surface area contributed by atoms with E-state index in [0.29, 0.717) is 17.9 Å². The summed E-state index contributed by atoms with van der Waals surface area (Å²) in [6.45, 7) is 6.17. The van der Waals surface area contributed by atoms with E-state index in [0.717, 1.165) is 38.5 Å². The number of thiophene rings is 1. The fourth-order valence-corrected chi connectivity index (χ4v) is 5.01. The van der Waals surface area contributed by atoms with Crippen molar-refractivity contribution in [3.05, 3.63) is 33.6 Å². The average Bonchev–Trinajstić information content (AvgIpc) is 3.27. The summed E-state index contributed by atoms with van der Waals surface area (Å²) >= 11 is 1.94. The van der Waals surface area contributed by atoms with E-state index in [2.05, 4.69) is 27.2 Å². The number of piperidine rings is 1. The standard InChI is InChI=1S/C19H27N3O2S/c1-14-20-19(21-24-14)12-15-7-9-22(10-8-15)13-16-5-6-18(25-16)17-4-2-3-11-23-17/h5-6,15,17H,2-4,7-13H2,1H3. The predicted octanol–water partition coefficient (Wildman–Crippen LogP) is 4.14. The molecule has 0 aliphatic carbocycles. The molecule has 0 N–H and O–H groups in total. The Morgan fingerprint density at radius 1 is 1.20 bits per heavy atom. The number of aromatic nitrogens is 2. The first-order valence-electron chi connectivity index (χ1n) is 9.48. The van der Waals surface area contributed by atoms with Crippen molar-refractivity contribution in [2.45, 2.75) is 58.1 Å². The van der Waals surface area contributed by atoms with Gasteiger partial charge in [0.05, 0.1) is 6.10 Å². The summed E-state index contributed by atoms with van der Waals surface area (Å²) in [5.41, 5.74) is 0. The maximum Gasteiger partial charge on any atom is 0.223 e. The van der Waals surface area contributed by atoms with Gasteiger partial charge in [-0.2, -0.15) is 4.98 Å². The van der Waals surface area contributed by atoms with Crippen LogP contribution >= 0.6 is 11.3 Å². The molecular formula is C19H27N3O2S. The van der Waals surface area contributed by atoms with Crippen molar-refractivity contribution in [2.24, 2.45) is 5.92 Å². The van der Waals surface area contributed by atoms with Crippen molar-refractivity contribution in [3.63, 3.8) is 0 Å². The highest BCUT2D eigenvalue weighted by atomic mass is 32.1. The summed E-state index contributed by atoms with van der Waals surface area (Å²) in [7, 11) is 0. The molecule has 2 aromatic rings. The van der Waals surface area contributed by atoms with E-state index in [4.69, 9.17) is 9.26 Å². The molecular weight excluding hydrogens is 334 g/mol. The fraction of sp³-hybridized carbons (Fsp3) is 0.684. The number of aryl methyl sites for hydroxylation is 1. The van der Waals surface area contributed by atoms with Gasteiger partial charge in [-0.25, -0.2) is 0 Å². The molecule has 0 aromatic carbocycles. The number of ether oxygens (including phenoxy) is 1. The average molecular weight is 362 g/mol. The van der Waals surface area contributed by atoms with Crippen LogP contribution in [0.1, 0.15) is 59.7 Å². The Morgan fingerprint density at radius 2 is 2.08 bits per heavy atom. The van der Waals surface area contributed by atoms with Gasteiger partial charge < -0.3 is 9.26 Å². The molecule has 6 heteroatoms. The number of nitrogens with zero attached hydrogens (tertiary/aromatic N) is 3. The van der Waals surface area contributed by atoms with E-state index < -0.39 is 0 Å². The molecule has 0 amide bonds. The summed E-state index contributed by atoms with van der Waals surface area (Å²) in [6, 6.07) is 4.58. The Kier molecular flexibility index (Phi) is 5.48. The van der Waals surface area contributed by atoms with Gasteiger partial charge in [-0.15, -0.1) is 11.3 Å². The molecule has 0 saturated carbocycles. The van der Waals surface area contributed by atoms with E-state index in [9.17, 15) is 0 Å². The molecule has 4 rings (SSSR count). The van der Waals surface area contributed by atoms with E-state index in [1.54, 1.807) is 0 Å². The van der Waals surface area contributed by atoms with Gasteiger partial charge in [0.25, 0.3) is 0 Å². The van der Waals surface area contributed by atoms with Crippen molar-refractivity contribution >= 4 is 11.3 Å². The first kappa shape index (κ1) is 17.2. The lowest BCUT2D eigenvalue weighted by Crippen LogP contribution is -2.33. The summed E-state index contributed by atoms with van der Waals surface area (Å²) in [4.78, 5) is 9.80. The molecule has 2 aromatic heterocycles. The van der Waals surface area contributed by atoms with Crippen LogP contribution in [0, 0.1) is 12.8 Å². The van der Waals surface area contributed by atoms with Crippen LogP contribution in [0.25, 0.3) is 0 Å². The van der Waals surface area contributed by atoms with Crippen molar-refractivity contribution in [1.82, 2.24) is 15.0 Å². The Labute approximate surface area is 153 Å². The molecule has 1 unspecified atom stereocenters. The summed E-state index contributed by atoms with van der Waals surface area (Å²) in [5.74, 6) is 2.22. The van der Waals surface area contributed by atoms with Crippen LogP contribution in [0.3, 0.4) is 0 Å². The number of hydrogen-bond donors (Lipinski definition) is 0. The minimum absolute atomic E-state index is 0.344. The van der Waals surface area contributed by atoms with Crippen molar-refractivity contribution in [1.29, 1.82) is 0 Å². The second kappa shape index (κ2) is 7.98. The Bertz CT molecular complexity index is 670. The van der Waals surface area contributed by atoms with Crippen molar-refractivity contribution in [2.75, 3.05) is 19.7 Å². The zero-order chi connectivity index (χ0) is 17.1. The van der Waals surface area contributed by atoms with Crippen LogP contribution in [0.15, 0.2) is 16.7 Å². The van der Waals surface area contributed by atoms with Gasteiger partial charge in [-0.05, 0) is 63.2 Å². The van der Waals surface area contributed by atoms with Crippen LogP contribution in [0.2, 0.25) is 0 Å². The largest absolute Gasteiger partial charge is 0.373 e. The van der Waals surface area contributed by atoms with Gasteiger partial charge >= 0.3 is 0 Å². The highest BCUT2D eigenvalue weighted by molar-refractivity contribution is 7.12. The zero-order valence-electron chi connectivity index (χ0n) is 14.9. The Morgan fingerprint density at radius 3 is 2.80 bits per heavy atom.